The molecule has 1 aliphatic heterocycles. The lowest BCUT2D eigenvalue weighted by Gasteiger charge is -2.25. The van der Waals surface area contributed by atoms with Crippen molar-refractivity contribution in [3.63, 3.8) is 0 Å². The van der Waals surface area contributed by atoms with Gasteiger partial charge < -0.3 is 16.0 Å². The van der Waals surface area contributed by atoms with Gasteiger partial charge in [0, 0.05) is 12.7 Å². The lowest BCUT2D eigenvalue weighted by Crippen LogP contribution is -2.41. The monoisotopic (exact) mass is 356 g/mol. The highest BCUT2D eigenvalue weighted by atomic mass is 35.5. The van der Waals surface area contributed by atoms with Crippen LogP contribution in [0.5, 0.6) is 0 Å². The molecule has 126 valence electrons. The summed E-state index contributed by atoms with van der Waals surface area (Å²) in [7, 11) is 0. The molecule has 3 rings (SSSR count). The maximum absolute atomic E-state index is 13.0. The fourth-order valence-corrected chi connectivity index (χ4v) is 2.63. The van der Waals surface area contributed by atoms with Crippen LogP contribution < -0.4 is 16.0 Å². The Morgan fingerprint density at radius 2 is 2.08 bits per heavy atom. The van der Waals surface area contributed by atoms with Crippen molar-refractivity contribution in [1.82, 2.24) is 4.98 Å². The normalized spacial score (nSPS) is 18.0. The molecule has 9 heteroatoms. The Bertz CT molecular complexity index is 797. The van der Waals surface area contributed by atoms with Crippen LogP contribution in [-0.4, -0.2) is 23.5 Å². The van der Waals surface area contributed by atoms with Crippen LogP contribution in [0.15, 0.2) is 36.5 Å². The van der Waals surface area contributed by atoms with Crippen LogP contribution in [0.3, 0.4) is 0 Å². The van der Waals surface area contributed by atoms with E-state index in [4.69, 9.17) is 17.3 Å². The van der Waals surface area contributed by atoms with E-state index in [1.54, 1.807) is 18.2 Å². The number of nitrogens with two attached hydrogens (primary N) is 1. The first-order valence-corrected chi connectivity index (χ1v) is 7.31. The van der Waals surface area contributed by atoms with Crippen molar-refractivity contribution in [1.29, 1.82) is 0 Å². The van der Waals surface area contributed by atoms with E-state index in [1.807, 2.05) is 0 Å². The standard InChI is InChI=1S/C15H12ClF3N4O/c16-9-2-1-3-11-13(9)22-14(24)10(20)7-23(11)12-6-8(4-5-21-12)15(17,18)19/h1-6,10H,7,20H2,(H,22,24). The minimum atomic E-state index is -4.50. The van der Waals surface area contributed by atoms with Crippen LogP contribution in [-0.2, 0) is 11.0 Å². The van der Waals surface area contributed by atoms with Gasteiger partial charge in [0.15, 0.2) is 0 Å². The lowest BCUT2D eigenvalue weighted by atomic mass is 10.2. The van der Waals surface area contributed by atoms with Gasteiger partial charge >= 0.3 is 6.18 Å². The zero-order chi connectivity index (χ0) is 17.5. The third-order valence-electron chi connectivity index (χ3n) is 3.60. The number of nitrogens with one attached hydrogen (secondary N) is 1. The molecule has 5 nitrogen and oxygen atoms in total. The van der Waals surface area contributed by atoms with Gasteiger partial charge in [0.05, 0.1) is 22.0 Å². The topological polar surface area (TPSA) is 71.2 Å². The number of fused-ring (bicyclic) bond motifs is 1. The Kier molecular flexibility index (Phi) is 4.10. The molecule has 1 unspecified atom stereocenters. The van der Waals surface area contributed by atoms with Crippen molar-refractivity contribution >= 4 is 34.7 Å². The van der Waals surface area contributed by atoms with Crippen molar-refractivity contribution in [3.8, 4) is 0 Å². The maximum atomic E-state index is 13.0. The number of amides is 1. The minimum absolute atomic E-state index is 0.0280. The number of hydrogen-bond donors (Lipinski definition) is 2. The Labute approximate surface area is 140 Å². The summed E-state index contributed by atoms with van der Waals surface area (Å²) in [6.45, 7) is -0.0342. The van der Waals surface area contributed by atoms with E-state index >= 15 is 0 Å². The van der Waals surface area contributed by atoms with Gasteiger partial charge in [0.25, 0.3) is 0 Å². The highest BCUT2D eigenvalue weighted by Crippen LogP contribution is 2.39. The van der Waals surface area contributed by atoms with Crippen LogP contribution >= 0.6 is 11.6 Å². The number of aromatic nitrogens is 1. The second-order valence-corrected chi connectivity index (χ2v) is 5.65. The van der Waals surface area contributed by atoms with Crippen LogP contribution in [0.25, 0.3) is 0 Å². The van der Waals surface area contributed by atoms with Crippen molar-refractivity contribution in [2.45, 2.75) is 12.2 Å². The molecule has 0 fully saturated rings. The number of rotatable bonds is 1. The first-order valence-electron chi connectivity index (χ1n) is 6.93. The highest BCUT2D eigenvalue weighted by Gasteiger charge is 2.33. The summed E-state index contributed by atoms with van der Waals surface area (Å²) < 4.78 is 38.9. The zero-order valence-corrected chi connectivity index (χ0v) is 12.9. The van der Waals surface area contributed by atoms with E-state index in [2.05, 4.69) is 10.3 Å². The SMILES string of the molecule is NC1CN(c2cc(C(F)(F)F)ccn2)c2cccc(Cl)c2NC1=O. The van der Waals surface area contributed by atoms with Gasteiger partial charge in [-0.15, -0.1) is 0 Å². The Morgan fingerprint density at radius 3 is 2.79 bits per heavy atom. The van der Waals surface area contributed by atoms with Gasteiger partial charge in [-0.1, -0.05) is 17.7 Å². The first kappa shape index (κ1) is 16.5. The molecule has 2 aromatic rings. The summed E-state index contributed by atoms with van der Waals surface area (Å²) in [6.07, 6.45) is -3.44. The molecular formula is C15H12ClF3N4O. The van der Waals surface area contributed by atoms with Crippen LogP contribution in [0.4, 0.5) is 30.4 Å². The van der Waals surface area contributed by atoms with Gasteiger partial charge in [-0.3, -0.25) is 4.79 Å². The minimum Gasteiger partial charge on any atom is -0.322 e. The summed E-state index contributed by atoms with van der Waals surface area (Å²) in [5.41, 5.74) is 5.69. The van der Waals surface area contributed by atoms with E-state index in [1.165, 1.54) is 4.90 Å². The lowest BCUT2D eigenvalue weighted by molar-refractivity contribution is -0.137. The number of carbonyl (C=O) groups excluding carboxylic acids is 1. The number of carbonyl (C=O) groups is 1. The quantitative estimate of drug-likeness (QED) is 0.823. The largest absolute Gasteiger partial charge is 0.416 e. The van der Waals surface area contributed by atoms with E-state index in [9.17, 15) is 18.0 Å². The number of nitrogens with zero attached hydrogens (tertiary/aromatic N) is 2. The molecule has 0 saturated carbocycles. The van der Waals surface area contributed by atoms with Crippen molar-refractivity contribution in [3.05, 3.63) is 47.1 Å². The summed E-state index contributed by atoms with van der Waals surface area (Å²) in [6, 6.07) is 5.66. The number of para-hydroxylation sites is 1. The number of benzene rings is 1. The third kappa shape index (κ3) is 3.02. The van der Waals surface area contributed by atoms with Gasteiger partial charge in [-0.05, 0) is 24.3 Å². The van der Waals surface area contributed by atoms with Gasteiger partial charge in [0.2, 0.25) is 5.91 Å². The molecule has 0 radical (unpaired) electrons. The molecule has 1 atom stereocenters. The van der Waals surface area contributed by atoms with Crippen molar-refractivity contribution in [2.24, 2.45) is 5.73 Å². The third-order valence-corrected chi connectivity index (χ3v) is 3.91. The van der Waals surface area contributed by atoms with E-state index in [-0.39, 0.29) is 23.1 Å². The molecule has 2 heterocycles. The molecule has 1 amide bonds. The molecule has 1 aromatic heterocycles. The van der Waals surface area contributed by atoms with Crippen molar-refractivity contribution < 1.29 is 18.0 Å². The number of pyridine rings is 1. The molecule has 24 heavy (non-hydrogen) atoms. The average molecular weight is 357 g/mol. The summed E-state index contributed by atoms with van der Waals surface area (Å²) in [4.78, 5) is 17.4. The molecule has 1 aliphatic rings. The fraction of sp³-hybridized carbons (Fsp3) is 0.200. The van der Waals surface area contributed by atoms with Gasteiger partial charge in [-0.25, -0.2) is 4.98 Å². The summed E-state index contributed by atoms with van der Waals surface area (Å²) >= 11 is 6.10. The zero-order valence-electron chi connectivity index (χ0n) is 12.1. The highest BCUT2D eigenvalue weighted by molar-refractivity contribution is 6.34. The molecule has 0 aliphatic carbocycles. The second kappa shape index (κ2) is 5.95. The van der Waals surface area contributed by atoms with Gasteiger partial charge in [0.1, 0.15) is 11.9 Å². The Morgan fingerprint density at radius 1 is 1.33 bits per heavy atom. The average Bonchev–Trinajstić information content (AvgIpc) is 2.65. The van der Waals surface area contributed by atoms with Crippen LogP contribution in [0.2, 0.25) is 5.02 Å². The van der Waals surface area contributed by atoms with E-state index in [0.717, 1.165) is 18.3 Å². The number of alkyl halides is 3. The number of halogens is 4. The predicted octanol–water partition coefficient (Wildman–Crippen LogP) is 3.17. The molecular weight excluding hydrogens is 345 g/mol. The molecule has 3 N–H and O–H groups in total. The van der Waals surface area contributed by atoms with Crippen LogP contribution in [0, 0.1) is 0 Å². The Hall–Kier alpha value is -2.32. The molecule has 0 bridgehead atoms. The summed E-state index contributed by atoms with van der Waals surface area (Å²) in [5, 5.41) is 2.85. The molecule has 0 spiro atoms. The maximum Gasteiger partial charge on any atom is 0.416 e. The van der Waals surface area contributed by atoms with Crippen LogP contribution in [0.1, 0.15) is 5.56 Å². The second-order valence-electron chi connectivity index (χ2n) is 5.24. The summed E-state index contributed by atoms with van der Waals surface area (Å²) in [5.74, 6) is -0.445. The van der Waals surface area contributed by atoms with Gasteiger partial charge in [-0.2, -0.15) is 13.2 Å². The first-order chi connectivity index (χ1) is 11.3. The van der Waals surface area contributed by atoms with E-state index < -0.39 is 23.7 Å². The number of hydrogen-bond acceptors (Lipinski definition) is 4. The predicted molar refractivity (Wildman–Crippen MR) is 84.3 cm³/mol. The molecule has 1 aromatic carbocycles. The number of anilines is 3. The fourth-order valence-electron chi connectivity index (χ4n) is 2.41. The molecule has 0 saturated heterocycles. The van der Waals surface area contributed by atoms with E-state index in [0.29, 0.717) is 5.69 Å². The van der Waals surface area contributed by atoms with Crippen molar-refractivity contribution in [2.75, 3.05) is 16.8 Å². The Balaban J connectivity index is 2.14. The smallest absolute Gasteiger partial charge is 0.322 e.